The summed E-state index contributed by atoms with van der Waals surface area (Å²) in [5, 5.41) is 5.18. The summed E-state index contributed by atoms with van der Waals surface area (Å²) in [4.78, 5) is 21.2. The molecule has 1 fully saturated rings. The highest BCUT2D eigenvalue weighted by Gasteiger charge is 2.34. The Hall–Kier alpha value is -3.50. The predicted octanol–water partition coefficient (Wildman–Crippen LogP) is 4.53. The van der Waals surface area contributed by atoms with Gasteiger partial charge in [0.1, 0.15) is 11.4 Å². The van der Waals surface area contributed by atoms with E-state index in [2.05, 4.69) is 20.0 Å². The van der Waals surface area contributed by atoms with Gasteiger partial charge in [-0.05, 0) is 74.9 Å². The molecule has 2 aromatic carbocycles. The Balaban J connectivity index is 1.34. The van der Waals surface area contributed by atoms with Crippen LogP contribution in [0.4, 0.5) is 4.39 Å². The fourth-order valence-corrected chi connectivity index (χ4v) is 7.08. The van der Waals surface area contributed by atoms with E-state index in [4.69, 9.17) is 4.74 Å². The van der Waals surface area contributed by atoms with Crippen molar-refractivity contribution in [3.8, 4) is 5.75 Å². The van der Waals surface area contributed by atoms with E-state index in [0.717, 1.165) is 40.4 Å². The molecule has 2 aromatic heterocycles. The second kappa shape index (κ2) is 9.31. The third-order valence-electron chi connectivity index (χ3n) is 7.52. The molecule has 1 amide bonds. The molecule has 0 spiro atoms. The van der Waals surface area contributed by atoms with Crippen molar-refractivity contribution in [2.45, 2.75) is 62.1 Å². The number of nitrogens with zero attached hydrogens (tertiary/aromatic N) is 1. The van der Waals surface area contributed by atoms with Crippen LogP contribution >= 0.6 is 0 Å². The number of carbonyl (C=O) groups excluding carboxylic acids is 1. The molecule has 2 aliphatic carbocycles. The number of hydrogen-bond donors (Lipinski definition) is 3. The molecule has 6 rings (SSSR count). The molecule has 0 radical (unpaired) electrons. The summed E-state index contributed by atoms with van der Waals surface area (Å²) < 4.78 is 49.4. The zero-order valence-corrected chi connectivity index (χ0v) is 22.9. The highest BCUT2D eigenvalue weighted by atomic mass is 32.2. The maximum atomic E-state index is 14.3. The molecule has 0 saturated heterocycles. The van der Waals surface area contributed by atoms with E-state index >= 15 is 0 Å². The number of carbonyl (C=O) groups is 1. The predicted molar refractivity (Wildman–Crippen MR) is 148 cm³/mol. The average Bonchev–Trinajstić information content (AvgIpc) is 3.53. The number of sulfonamides is 1. The van der Waals surface area contributed by atoms with Gasteiger partial charge in [0.2, 0.25) is 10.0 Å². The minimum atomic E-state index is -4.05. The van der Waals surface area contributed by atoms with Gasteiger partial charge in [-0.15, -0.1) is 0 Å². The van der Waals surface area contributed by atoms with Gasteiger partial charge in [-0.2, -0.15) is 0 Å². The van der Waals surface area contributed by atoms with Crippen LogP contribution in [0.2, 0.25) is 0 Å². The van der Waals surface area contributed by atoms with Crippen LogP contribution in [0.15, 0.2) is 47.6 Å². The topological polar surface area (TPSA) is 113 Å². The van der Waals surface area contributed by atoms with Crippen LogP contribution in [0.3, 0.4) is 0 Å². The summed E-state index contributed by atoms with van der Waals surface area (Å²) in [7, 11) is -2.46. The van der Waals surface area contributed by atoms with E-state index in [1.807, 2.05) is 24.3 Å². The molecule has 2 heterocycles. The van der Waals surface area contributed by atoms with E-state index in [1.165, 1.54) is 13.8 Å². The zero-order valence-electron chi connectivity index (χ0n) is 22.1. The molecule has 39 heavy (non-hydrogen) atoms. The molecule has 8 nitrogen and oxygen atoms in total. The zero-order chi connectivity index (χ0) is 27.5. The van der Waals surface area contributed by atoms with E-state index in [9.17, 15) is 17.6 Å². The van der Waals surface area contributed by atoms with Crippen molar-refractivity contribution in [1.29, 1.82) is 0 Å². The van der Waals surface area contributed by atoms with E-state index < -0.39 is 15.7 Å². The fraction of sp³-hybridized carbons (Fsp3) is 0.379. The fourth-order valence-electron chi connectivity index (χ4n) is 5.40. The lowest BCUT2D eigenvalue weighted by Crippen LogP contribution is -2.36. The molecule has 204 valence electrons. The van der Waals surface area contributed by atoms with E-state index in [-0.39, 0.29) is 23.4 Å². The van der Waals surface area contributed by atoms with Crippen LogP contribution in [0, 0.1) is 0 Å². The number of H-pyrrole nitrogens is 1. The molecule has 1 atom stereocenters. The summed E-state index contributed by atoms with van der Waals surface area (Å²) in [6.07, 6.45) is 6.30. The number of nitrogens with one attached hydrogen (secondary N) is 3. The summed E-state index contributed by atoms with van der Waals surface area (Å²) in [6.45, 7) is 2.33. The molecular weight excluding hydrogens is 519 g/mol. The maximum absolute atomic E-state index is 14.3. The Morgan fingerprint density at radius 1 is 1.18 bits per heavy atom. The minimum Gasteiger partial charge on any atom is -0.497 e. The lowest BCUT2D eigenvalue weighted by Gasteiger charge is -2.18. The maximum Gasteiger partial charge on any atom is 0.253 e. The Morgan fingerprint density at radius 2 is 1.97 bits per heavy atom. The molecule has 4 aromatic rings. The van der Waals surface area contributed by atoms with E-state index in [1.54, 1.807) is 25.6 Å². The third-order valence-corrected chi connectivity index (χ3v) is 9.05. The number of benzene rings is 2. The van der Waals surface area contributed by atoms with Crippen LogP contribution < -0.4 is 14.8 Å². The first-order chi connectivity index (χ1) is 18.5. The smallest absolute Gasteiger partial charge is 0.253 e. The first-order valence-corrected chi connectivity index (χ1v) is 14.6. The number of hydrogen-bond acceptors (Lipinski definition) is 5. The summed E-state index contributed by atoms with van der Waals surface area (Å²) >= 11 is 0. The quantitative estimate of drug-likeness (QED) is 0.299. The van der Waals surface area contributed by atoms with Crippen LogP contribution in [-0.4, -0.2) is 49.7 Å². The Bertz CT molecular complexity index is 1720. The molecule has 3 N–H and O–H groups in total. The second-order valence-corrected chi connectivity index (χ2v) is 12.9. The lowest BCUT2D eigenvalue weighted by molar-refractivity contribution is 0.0940. The van der Waals surface area contributed by atoms with Crippen LogP contribution in [0.25, 0.3) is 21.7 Å². The molecule has 10 heteroatoms. The Morgan fingerprint density at radius 3 is 2.69 bits per heavy atom. The SMILES string of the molecule is COc1ccc2c(C(=O)N[C@@H]3Cc4cc5cnc(C6CC6)cc5c(S(=O)(=O)NCC(C)(C)F)c4C3)c[nH]c2c1. The van der Waals surface area contributed by atoms with Gasteiger partial charge in [-0.1, -0.05) is 0 Å². The van der Waals surface area contributed by atoms with Gasteiger partial charge in [0.05, 0.1) is 17.6 Å². The Kier molecular flexibility index (Phi) is 6.15. The first kappa shape index (κ1) is 25.8. The van der Waals surface area contributed by atoms with Crippen LogP contribution in [-0.2, 0) is 22.9 Å². The molecule has 0 bridgehead atoms. The average molecular weight is 551 g/mol. The monoisotopic (exact) mass is 550 g/mol. The third kappa shape index (κ3) is 4.98. The van der Waals surface area contributed by atoms with Gasteiger partial charge >= 0.3 is 0 Å². The van der Waals surface area contributed by atoms with E-state index in [0.29, 0.717) is 41.0 Å². The standard InChI is InChI=1S/C29H31FN4O4S/c1-29(2,30)15-33-39(36,37)27-22-10-19(9-17(22)8-18-13-31-25(12-23(18)27)16-4-5-16)34-28(35)24-14-32-26-11-20(38-3)6-7-21(24)26/h6-8,11-14,16,19,32-33H,4-5,9-10,15H2,1-3H3,(H,34,35)/t19-/m1/s1. The normalized spacial score (nSPS) is 17.5. The number of fused-ring (bicyclic) bond motifs is 3. The highest BCUT2D eigenvalue weighted by Crippen LogP contribution is 2.42. The number of rotatable bonds is 8. The molecule has 0 aliphatic heterocycles. The van der Waals surface area contributed by atoms with Crippen molar-refractivity contribution in [3.05, 3.63) is 65.1 Å². The number of amides is 1. The first-order valence-electron chi connectivity index (χ1n) is 13.1. The van der Waals surface area contributed by atoms with Crippen molar-refractivity contribution < 1.29 is 22.3 Å². The Labute approximate surface area is 226 Å². The highest BCUT2D eigenvalue weighted by molar-refractivity contribution is 7.89. The molecule has 1 saturated carbocycles. The van der Waals surface area contributed by atoms with Gasteiger partial charge < -0.3 is 15.0 Å². The molecular formula is C29H31FN4O4S. The van der Waals surface area contributed by atoms with Crippen molar-refractivity contribution in [2.75, 3.05) is 13.7 Å². The van der Waals surface area contributed by atoms with Crippen LogP contribution in [0.1, 0.15) is 59.8 Å². The van der Waals surface area contributed by atoms with Gasteiger partial charge in [-0.25, -0.2) is 17.5 Å². The molecule has 2 aliphatic rings. The summed E-state index contributed by atoms with van der Waals surface area (Å²) in [6, 6.07) is 9.01. The van der Waals surface area contributed by atoms with Crippen LogP contribution in [0.5, 0.6) is 5.75 Å². The van der Waals surface area contributed by atoms with Gasteiger partial charge in [-0.3, -0.25) is 9.78 Å². The largest absolute Gasteiger partial charge is 0.497 e. The number of pyridine rings is 1. The minimum absolute atomic E-state index is 0.166. The van der Waals surface area contributed by atoms with Crippen molar-refractivity contribution in [1.82, 2.24) is 20.0 Å². The van der Waals surface area contributed by atoms with Gasteiger partial charge in [0.15, 0.2) is 0 Å². The van der Waals surface area contributed by atoms with Gasteiger partial charge in [0.25, 0.3) is 5.91 Å². The van der Waals surface area contributed by atoms with Crippen molar-refractivity contribution >= 4 is 37.6 Å². The number of methoxy groups -OCH3 is 1. The summed E-state index contributed by atoms with van der Waals surface area (Å²) in [5.41, 5.74) is 1.97. The number of aromatic amines is 1. The van der Waals surface area contributed by atoms with Crippen molar-refractivity contribution in [3.63, 3.8) is 0 Å². The number of ether oxygens (including phenoxy) is 1. The summed E-state index contributed by atoms with van der Waals surface area (Å²) in [5.74, 6) is 0.791. The molecule has 0 unspecified atom stereocenters. The number of alkyl halides is 1. The number of halogens is 1. The lowest BCUT2D eigenvalue weighted by atomic mass is 10.0. The van der Waals surface area contributed by atoms with Crippen molar-refractivity contribution in [2.24, 2.45) is 0 Å². The second-order valence-electron chi connectivity index (χ2n) is 11.2. The van der Waals surface area contributed by atoms with Gasteiger partial charge in [0, 0.05) is 64.3 Å². The number of aromatic nitrogens is 2.